The van der Waals surface area contributed by atoms with Gasteiger partial charge in [0, 0.05) is 30.9 Å². The SMILES string of the molecule is COc1cccc(N2CC(C(=O)Nc3ccccn3)CC2=O)c1. The standard InChI is InChI=1S/C17H17N3O3/c1-23-14-6-4-5-13(10-14)20-11-12(9-16(20)21)17(22)19-15-7-2-3-8-18-15/h2-8,10,12H,9,11H2,1H3,(H,18,19,22). The number of rotatable bonds is 4. The molecule has 1 aromatic carbocycles. The maximum absolute atomic E-state index is 12.3. The van der Waals surface area contributed by atoms with Gasteiger partial charge in [-0.05, 0) is 24.3 Å². The van der Waals surface area contributed by atoms with E-state index >= 15 is 0 Å². The van der Waals surface area contributed by atoms with Crippen LogP contribution in [0.15, 0.2) is 48.7 Å². The topological polar surface area (TPSA) is 71.5 Å². The van der Waals surface area contributed by atoms with E-state index in [-0.39, 0.29) is 18.2 Å². The first-order valence-electron chi connectivity index (χ1n) is 7.33. The van der Waals surface area contributed by atoms with E-state index in [9.17, 15) is 9.59 Å². The van der Waals surface area contributed by atoms with Crippen LogP contribution in [-0.4, -0.2) is 30.5 Å². The highest BCUT2D eigenvalue weighted by atomic mass is 16.5. The van der Waals surface area contributed by atoms with Gasteiger partial charge in [-0.1, -0.05) is 12.1 Å². The average molecular weight is 311 g/mol. The number of benzene rings is 1. The van der Waals surface area contributed by atoms with Crippen LogP contribution in [-0.2, 0) is 9.59 Å². The third-order valence-electron chi connectivity index (χ3n) is 3.78. The fraction of sp³-hybridized carbons (Fsp3) is 0.235. The first-order chi connectivity index (χ1) is 11.2. The highest BCUT2D eigenvalue weighted by Crippen LogP contribution is 2.28. The Morgan fingerprint density at radius 1 is 1.30 bits per heavy atom. The van der Waals surface area contributed by atoms with Gasteiger partial charge in [-0.25, -0.2) is 4.98 Å². The van der Waals surface area contributed by atoms with Gasteiger partial charge in [0.1, 0.15) is 11.6 Å². The Kier molecular flexibility index (Phi) is 4.23. The van der Waals surface area contributed by atoms with Gasteiger partial charge in [-0.3, -0.25) is 9.59 Å². The second-order valence-corrected chi connectivity index (χ2v) is 5.31. The summed E-state index contributed by atoms with van der Waals surface area (Å²) >= 11 is 0. The molecule has 3 rings (SSSR count). The monoisotopic (exact) mass is 311 g/mol. The normalized spacial score (nSPS) is 17.2. The summed E-state index contributed by atoms with van der Waals surface area (Å²) in [6.45, 7) is 0.352. The molecule has 6 heteroatoms. The smallest absolute Gasteiger partial charge is 0.230 e. The molecule has 23 heavy (non-hydrogen) atoms. The van der Waals surface area contributed by atoms with E-state index in [1.54, 1.807) is 42.5 Å². The van der Waals surface area contributed by atoms with Crippen LogP contribution in [0.4, 0.5) is 11.5 Å². The molecule has 0 aliphatic carbocycles. The number of ether oxygens (including phenoxy) is 1. The molecule has 6 nitrogen and oxygen atoms in total. The lowest BCUT2D eigenvalue weighted by Gasteiger charge is -2.17. The number of pyridine rings is 1. The van der Waals surface area contributed by atoms with Crippen LogP contribution >= 0.6 is 0 Å². The molecular formula is C17H17N3O3. The Balaban J connectivity index is 1.70. The molecule has 118 valence electrons. The lowest BCUT2D eigenvalue weighted by atomic mass is 10.1. The molecule has 2 aromatic rings. The summed E-state index contributed by atoms with van der Waals surface area (Å²) in [5.74, 6) is 0.513. The number of nitrogens with zero attached hydrogens (tertiary/aromatic N) is 2. The summed E-state index contributed by atoms with van der Waals surface area (Å²) in [5.41, 5.74) is 0.738. The van der Waals surface area contributed by atoms with Crippen LogP contribution in [0.3, 0.4) is 0 Å². The van der Waals surface area contributed by atoms with Crippen molar-refractivity contribution in [2.45, 2.75) is 6.42 Å². The Bertz CT molecular complexity index is 718. The third kappa shape index (κ3) is 3.31. The van der Waals surface area contributed by atoms with Crippen molar-refractivity contribution >= 4 is 23.3 Å². The van der Waals surface area contributed by atoms with Gasteiger partial charge < -0.3 is 15.0 Å². The maximum atomic E-state index is 12.3. The third-order valence-corrected chi connectivity index (χ3v) is 3.78. The van der Waals surface area contributed by atoms with E-state index in [0.29, 0.717) is 18.1 Å². The van der Waals surface area contributed by atoms with Crippen LogP contribution in [0.5, 0.6) is 5.75 Å². The lowest BCUT2D eigenvalue weighted by Crippen LogP contribution is -2.28. The van der Waals surface area contributed by atoms with E-state index in [0.717, 1.165) is 5.69 Å². The van der Waals surface area contributed by atoms with Gasteiger partial charge in [-0.15, -0.1) is 0 Å². The fourth-order valence-corrected chi connectivity index (χ4v) is 2.58. The Morgan fingerprint density at radius 3 is 2.91 bits per heavy atom. The minimum Gasteiger partial charge on any atom is -0.497 e. The van der Waals surface area contributed by atoms with Gasteiger partial charge in [0.15, 0.2) is 0 Å². The molecule has 0 spiro atoms. The van der Waals surface area contributed by atoms with E-state index in [2.05, 4.69) is 10.3 Å². The van der Waals surface area contributed by atoms with Crippen molar-refractivity contribution in [1.82, 2.24) is 4.98 Å². The number of carbonyl (C=O) groups excluding carboxylic acids is 2. The highest BCUT2D eigenvalue weighted by Gasteiger charge is 2.35. The van der Waals surface area contributed by atoms with Gasteiger partial charge >= 0.3 is 0 Å². The van der Waals surface area contributed by atoms with Crippen molar-refractivity contribution in [3.63, 3.8) is 0 Å². The summed E-state index contributed by atoms with van der Waals surface area (Å²) in [6, 6.07) is 12.5. The Morgan fingerprint density at radius 2 is 2.17 bits per heavy atom. The summed E-state index contributed by atoms with van der Waals surface area (Å²) in [6.07, 6.45) is 1.80. The van der Waals surface area contributed by atoms with E-state index in [4.69, 9.17) is 4.74 Å². The zero-order valence-electron chi connectivity index (χ0n) is 12.7. The second kappa shape index (κ2) is 6.48. The molecule has 1 unspecified atom stereocenters. The number of hydrogen-bond acceptors (Lipinski definition) is 4. The largest absolute Gasteiger partial charge is 0.497 e. The van der Waals surface area contributed by atoms with E-state index in [1.807, 2.05) is 18.2 Å². The lowest BCUT2D eigenvalue weighted by molar-refractivity contribution is -0.122. The summed E-state index contributed by atoms with van der Waals surface area (Å²) < 4.78 is 5.18. The van der Waals surface area contributed by atoms with Crippen LogP contribution in [0.25, 0.3) is 0 Å². The Hall–Kier alpha value is -2.89. The quantitative estimate of drug-likeness (QED) is 0.938. The molecule has 0 saturated carbocycles. The number of carbonyl (C=O) groups is 2. The molecule has 1 N–H and O–H groups in total. The maximum Gasteiger partial charge on any atom is 0.230 e. The van der Waals surface area contributed by atoms with Crippen molar-refractivity contribution in [2.24, 2.45) is 5.92 Å². The van der Waals surface area contributed by atoms with Gasteiger partial charge in [-0.2, -0.15) is 0 Å². The number of methoxy groups -OCH3 is 1. The number of hydrogen-bond donors (Lipinski definition) is 1. The van der Waals surface area contributed by atoms with Crippen molar-refractivity contribution in [2.75, 3.05) is 23.9 Å². The van der Waals surface area contributed by atoms with Gasteiger partial charge in [0.05, 0.1) is 13.0 Å². The minimum atomic E-state index is -0.393. The van der Waals surface area contributed by atoms with Crippen LogP contribution in [0.2, 0.25) is 0 Å². The van der Waals surface area contributed by atoms with Crippen molar-refractivity contribution in [1.29, 1.82) is 0 Å². The molecule has 0 bridgehead atoms. The molecule has 0 radical (unpaired) electrons. The van der Waals surface area contributed by atoms with Crippen molar-refractivity contribution in [3.05, 3.63) is 48.7 Å². The first kappa shape index (κ1) is 15.0. The molecular weight excluding hydrogens is 294 g/mol. The van der Waals surface area contributed by atoms with Crippen LogP contribution in [0.1, 0.15) is 6.42 Å². The fourth-order valence-electron chi connectivity index (χ4n) is 2.58. The van der Waals surface area contributed by atoms with Crippen molar-refractivity contribution < 1.29 is 14.3 Å². The summed E-state index contributed by atoms with van der Waals surface area (Å²) in [4.78, 5) is 30.2. The summed E-state index contributed by atoms with van der Waals surface area (Å²) in [5, 5.41) is 2.75. The number of aromatic nitrogens is 1. The van der Waals surface area contributed by atoms with Gasteiger partial charge in [0.25, 0.3) is 0 Å². The molecule has 1 atom stereocenters. The number of anilines is 2. The molecule has 1 fully saturated rings. The Labute approximate surface area is 134 Å². The van der Waals surface area contributed by atoms with E-state index in [1.165, 1.54) is 0 Å². The van der Waals surface area contributed by atoms with Crippen LogP contribution in [0, 0.1) is 5.92 Å². The number of nitrogens with one attached hydrogen (secondary N) is 1. The van der Waals surface area contributed by atoms with Crippen LogP contribution < -0.4 is 15.0 Å². The number of amides is 2. The molecule has 1 aliphatic heterocycles. The minimum absolute atomic E-state index is 0.0700. The average Bonchev–Trinajstić information content (AvgIpc) is 2.98. The predicted octanol–water partition coefficient (Wildman–Crippen LogP) is 2.08. The molecule has 1 aromatic heterocycles. The van der Waals surface area contributed by atoms with Gasteiger partial charge in [0.2, 0.25) is 11.8 Å². The highest BCUT2D eigenvalue weighted by molar-refractivity contribution is 6.03. The molecule has 2 amide bonds. The van der Waals surface area contributed by atoms with E-state index < -0.39 is 5.92 Å². The van der Waals surface area contributed by atoms with Crippen molar-refractivity contribution in [3.8, 4) is 5.75 Å². The predicted molar refractivity (Wildman–Crippen MR) is 86.3 cm³/mol. The molecule has 1 saturated heterocycles. The second-order valence-electron chi connectivity index (χ2n) is 5.31. The first-order valence-corrected chi connectivity index (χ1v) is 7.33. The zero-order valence-corrected chi connectivity index (χ0v) is 12.7. The zero-order chi connectivity index (χ0) is 16.2. The molecule has 2 heterocycles. The summed E-state index contributed by atoms with van der Waals surface area (Å²) in [7, 11) is 1.58. The molecule has 1 aliphatic rings.